The molecule has 0 fully saturated rings. The summed E-state index contributed by atoms with van der Waals surface area (Å²) in [6.07, 6.45) is 0. The SMILES string of the molecule is COc1ccc(S(=O)(=O)N(C)C(C)(C)CO)cc1Br. The van der Waals surface area contributed by atoms with Crippen molar-refractivity contribution in [3.63, 3.8) is 0 Å². The van der Waals surface area contributed by atoms with Crippen molar-refractivity contribution in [2.24, 2.45) is 0 Å². The van der Waals surface area contributed by atoms with E-state index < -0.39 is 15.6 Å². The molecular weight excluding hydrogens is 334 g/mol. The molecule has 1 aromatic rings. The molecule has 0 aromatic heterocycles. The molecule has 0 saturated heterocycles. The van der Waals surface area contributed by atoms with E-state index in [1.54, 1.807) is 19.9 Å². The van der Waals surface area contributed by atoms with Gasteiger partial charge in [0.15, 0.2) is 0 Å². The van der Waals surface area contributed by atoms with Gasteiger partial charge in [-0.2, -0.15) is 4.31 Å². The number of methoxy groups -OCH3 is 1. The normalized spacial score (nSPS) is 12.8. The van der Waals surface area contributed by atoms with Gasteiger partial charge in [-0.25, -0.2) is 8.42 Å². The first kappa shape index (κ1) is 16.4. The van der Waals surface area contributed by atoms with E-state index in [0.717, 1.165) is 4.31 Å². The number of hydrogen-bond donors (Lipinski definition) is 1. The molecule has 0 aliphatic carbocycles. The summed E-state index contributed by atoms with van der Waals surface area (Å²) in [6, 6.07) is 4.54. The lowest BCUT2D eigenvalue weighted by Gasteiger charge is -2.32. The van der Waals surface area contributed by atoms with Crippen LogP contribution in [0.2, 0.25) is 0 Å². The standard InChI is InChI=1S/C12H18BrNO4S/c1-12(2,8-15)14(3)19(16,17)9-5-6-11(18-4)10(13)7-9/h5-7,15H,8H2,1-4H3. The van der Waals surface area contributed by atoms with Crippen molar-refractivity contribution in [3.8, 4) is 5.75 Å². The average Bonchev–Trinajstić information content (AvgIpc) is 2.37. The third-order valence-electron chi connectivity index (χ3n) is 3.02. The van der Waals surface area contributed by atoms with Crippen LogP contribution in [0.15, 0.2) is 27.6 Å². The number of benzene rings is 1. The second-order valence-electron chi connectivity index (χ2n) is 4.74. The molecule has 0 atom stereocenters. The maximum Gasteiger partial charge on any atom is 0.243 e. The molecule has 0 amide bonds. The van der Waals surface area contributed by atoms with Crippen molar-refractivity contribution < 1.29 is 18.3 Å². The van der Waals surface area contributed by atoms with Crippen molar-refractivity contribution in [2.75, 3.05) is 20.8 Å². The van der Waals surface area contributed by atoms with Crippen molar-refractivity contribution in [1.29, 1.82) is 0 Å². The maximum absolute atomic E-state index is 12.4. The first-order chi connectivity index (χ1) is 8.66. The lowest BCUT2D eigenvalue weighted by atomic mass is 10.1. The number of hydrogen-bond acceptors (Lipinski definition) is 4. The first-order valence-corrected chi connectivity index (χ1v) is 7.83. The lowest BCUT2D eigenvalue weighted by Crippen LogP contribution is -2.47. The zero-order chi connectivity index (χ0) is 14.8. The number of nitrogens with zero attached hydrogens (tertiary/aromatic N) is 1. The van der Waals surface area contributed by atoms with E-state index in [2.05, 4.69) is 15.9 Å². The molecule has 1 rings (SSSR count). The van der Waals surface area contributed by atoms with Crippen LogP contribution in [0.5, 0.6) is 5.75 Å². The van der Waals surface area contributed by atoms with E-state index in [4.69, 9.17) is 4.74 Å². The molecule has 0 radical (unpaired) electrons. The Kier molecular flexibility index (Phi) is 5.00. The van der Waals surface area contributed by atoms with Gasteiger partial charge in [0, 0.05) is 7.05 Å². The van der Waals surface area contributed by atoms with Gasteiger partial charge in [0.1, 0.15) is 5.75 Å². The van der Waals surface area contributed by atoms with Gasteiger partial charge >= 0.3 is 0 Å². The molecule has 0 unspecified atom stereocenters. The lowest BCUT2D eigenvalue weighted by molar-refractivity contribution is 0.138. The van der Waals surface area contributed by atoms with Gasteiger partial charge in [-0.1, -0.05) is 0 Å². The van der Waals surface area contributed by atoms with Crippen LogP contribution >= 0.6 is 15.9 Å². The summed E-state index contributed by atoms with van der Waals surface area (Å²) in [7, 11) is -0.711. The number of sulfonamides is 1. The van der Waals surface area contributed by atoms with E-state index in [0.29, 0.717) is 10.2 Å². The van der Waals surface area contributed by atoms with E-state index in [1.165, 1.54) is 26.3 Å². The third kappa shape index (κ3) is 3.28. The fourth-order valence-electron chi connectivity index (χ4n) is 1.39. The number of ether oxygens (including phenoxy) is 1. The highest BCUT2D eigenvalue weighted by atomic mass is 79.9. The summed E-state index contributed by atoms with van der Waals surface area (Å²) in [5, 5.41) is 9.28. The van der Waals surface area contributed by atoms with Gasteiger partial charge in [0.2, 0.25) is 10.0 Å². The van der Waals surface area contributed by atoms with E-state index >= 15 is 0 Å². The Morgan fingerprint density at radius 2 is 2.00 bits per heavy atom. The van der Waals surface area contributed by atoms with Gasteiger partial charge in [-0.15, -0.1) is 0 Å². The Morgan fingerprint density at radius 3 is 2.42 bits per heavy atom. The molecule has 1 N–H and O–H groups in total. The van der Waals surface area contributed by atoms with Gasteiger partial charge in [0.05, 0.1) is 28.6 Å². The Bertz CT molecular complexity index is 557. The number of aliphatic hydroxyl groups is 1. The summed E-state index contributed by atoms with van der Waals surface area (Å²) in [4.78, 5) is 0.143. The zero-order valence-corrected chi connectivity index (χ0v) is 13.7. The molecule has 0 saturated carbocycles. The highest BCUT2D eigenvalue weighted by Gasteiger charge is 2.33. The molecule has 0 spiro atoms. The fraction of sp³-hybridized carbons (Fsp3) is 0.500. The summed E-state index contributed by atoms with van der Waals surface area (Å²) in [6.45, 7) is 3.05. The molecule has 5 nitrogen and oxygen atoms in total. The van der Waals surface area contributed by atoms with Crippen LogP contribution in [-0.2, 0) is 10.0 Å². The predicted octanol–water partition coefficient (Wildman–Crippen LogP) is 1.85. The topological polar surface area (TPSA) is 66.8 Å². The molecule has 19 heavy (non-hydrogen) atoms. The zero-order valence-electron chi connectivity index (χ0n) is 11.3. The van der Waals surface area contributed by atoms with Crippen molar-refractivity contribution >= 4 is 26.0 Å². The van der Waals surface area contributed by atoms with E-state index in [1.807, 2.05) is 0 Å². The van der Waals surface area contributed by atoms with Crippen molar-refractivity contribution in [3.05, 3.63) is 22.7 Å². The van der Waals surface area contributed by atoms with Gasteiger partial charge in [0.25, 0.3) is 0 Å². The molecule has 0 aliphatic rings. The summed E-state index contributed by atoms with van der Waals surface area (Å²) >= 11 is 3.26. The van der Waals surface area contributed by atoms with Crippen LogP contribution < -0.4 is 4.74 Å². The number of likely N-dealkylation sites (N-methyl/N-ethyl adjacent to an activating group) is 1. The second-order valence-corrected chi connectivity index (χ2v) is 7.56. The highest BCUT2D eigenvalue weighted by Crippen LogP contribution is 2.30. The van der Waals surface area contributed by atoms with Crippen LogP contribution in [-0.4, -0.2) is 44.1 Å². The molecule has 108 valence electrons. The highest BCUT2D eigenvalue weighted by molar-refractivity contribution is 9.10. The minimum Gasteiger partial charge on any atom is -0.496 e. The van der Waals surface area contributed by atoms with Gasteiger partial charge in [-0.3, -0.25) is 0 Å². The van der Waals surface area contributed by atoms with Crippen LogP contribution in [0, 0.1) is 0 Å². The van der Waals surface area contributed by atoms with Crippen LogP contribution in [0.4, 0.5) is 0 Å². The Morgan fingerprint density at radius 1 is 1.42 bits per heavy atom. The Hall–Kier alpha value is -0.630. The monoisotopic (exact) mass is 351 g/mol. The average molecular weight is 352 g/mol. The Balaban J connectivity index is 3.25. The van der Waals surface area contributed by atoms with E-state index in [9.17, 15) is 13.5 Å². The van der Waals surface area contributed by atoms with Crippen molar-refractivity contribution in [1.82, 2.24) is 4.31 Å². The maximum atomic E-state index is 12.4. The minimum atomic E-state index is -3.67. The quantitative estimate of drug-likeness (QED) is 0.878. The second kappa shape index (κ2) is 5.78. The molecule has 1 aromatic carbocycles. The number of aliphatic hydroxyl groups excluding tert-OH is 1. The summed E-state index contributed by atoms with van der Waals surface area (Å²) in [5.41, 5.74) is -0.870. The largest absolute Gasteiger partial charge is 0.496 e. The van der Waals surface area contributed by atoms with Gasteiger partial charge < -0.3 is 9.84 Å². The Labute approximate surface area is 122 Å². The van der Waals surface area contributed by atoms with Crippen LogP contribution in [0.3, 0.4) is 0 Å². The van der Waals surface area contributed by atoms with E-state index in [-0.39, 0.29) is 11.5 Å². The minimum absolute atomic E-state index is 0.143. The molecular formula is C12H18BrNO4S. The fourth-order valence-corrected chi connectivity index (χ4v) is 3.61. The molecule has 0 heterocycles. The smallest absolute Gasteiger partial charge is 0.243 e. The first-order valence-electron chi connectivity index (χ1n) is 5.60. The summed E-state index contributed by atoms with van der Waals surface area (Å²) in [5.74, 6) is 0.558. The molecule has 0 aliphatic heterocycles. The van der Waals surface area contributed by atoms with Crippen molar-refractivity contribution in [2.45, 2.75) is 24.3 Å². The predicted molar refractivity (Wildman–Crippen MR) is 76.8 cm³/mol. The number of rotatable bonds is 5. The molecule has 0 bridgehead atoms. The summed E-state index contributed by atoms with van der Waals surface area (Å²) < 4.78 is 31.7. The van der Waals surface area contributed by atoms with Crippen LogP contribution in [0.1, 0.15) is 13.8 Å². The molecule has 7 heteroatoms. The van der Waals surface area contributed by atoms with Crippen LogP contribution in [0.25, 0.3) is 0 Å². The number of halogens is 1. The van der Waals surface area contributed by atoms with Gasteiger partial charge in [-0.05, 0) is 48.0 Å². The third-order valence-corrected chi connectivity index (χ3v) is 5.71.